The van der Waals surface area contributed by atoms with Crippen LogP contribution in [-0.4, -0.2) is 19.7 Å². The third kappa shape index (κ3) is 3.40. The molecular formula is C7H7BrFNO2S. The zero-order valence-electron chi connectivity index (χ0n) is 6.79. The molecule has 0 amide bonds. The van der Waals surface area contributed by atoms with Crippen LogP contribution in [-0.2, 0) is 15.6 Å². The summed E-state index contributed by atoms with van der Waals surface area (Å²) in [6.45, 7) is 0. The maximum Gasteiger partial charge on any atom is 0.153 e. The number of hydrogen-bond acceptors (Lipinski definition) is 3. The third-order valence-corrected chi connectivity index (χ3v) is 2.51. The molecule has 1 rings (SSSR count). The molecule has 0 aliphatic heterocycles. The topological polar surface area (TPSA) is 47.0 Å². The van der Waals surface area contributed by atoms with Crippen molar-refractivity contribution < 1.29 is 12.8 Å². The first-order valence-corrected chi connectivity index (χ1v) is 6.21. The number of nitrogens with zero attached hydrogens (tertiary/aromatic N) is 1. The van der Waals surface area contributed by atoms with Crippen LogP contribution in [0.3, 0.4) is 0 Å². The van der Waals surface area contributed by atoms with E-state index in [0.717, 1.165) is 6.26 Å². The van der Waals surface area contributed by atoms with Crippen molar-refractivity contribution in [2.75, 3.05) is 6.26 Å². The Labute approximate surface area is 84.0 Å². The van der Waals surface area contributed by atoms with Gasteiger partial charge in [-0.15, -0.1) is 0 Å². The van der Waals surface area contributed by atoms with Crippen molar-refractivity contribution in [3.63, 3.8) is 0 Å². The molecule has 0 aliphatic rings. The van der Waals surface area contributed by atoms with Crippen LogP contribution in [0.25, 0.3) is 0 Å². The Morgan fingerprint density at radius 2 is 2.23 bits per heavy atom. The van der Waals surface area contributed by atoms with Crippen LogP contribution in [0.1, 0.15) is 5.69 Å². The summed E-state index contributed by atoms with van der Waals surface area (Å²) in [5, 5.41) is 0. The van der Waals surface area contributed by atoms with E-state index >= 15 is 0 Å². The normalized spacial score (nSPS) is 11.6. The maximum absolute atomic E-state index is 13.0. The second-order valence-electron chi connectivity index (χ2n) is 2.65. The Bertz CT molecular complexity index is 419. The second kappa shape index (κ2) is 3.71. The minimum Gasteiger partial charge on any atom is -0.256 e. The minimum absolute atomic E-state index is 0.0503. The van der Waals surface area contributed by atoms with Crippen molar-refractivity contribution >= 4 is 25.8 Å². The summed E-state index contributed by atoms with van der Waals surface area (Å²) in [5.41, 5.74) is -0.0503. The molecule has 0 spiro atoms. The number of aromatic nitrogens is 1. The van der Waals surface area contributed by atoms with Gasteiger partial charge in [-0.25, -0.2) is 12.8 Å². The molecule has 0 saturated heterocycles. The minimum atomic E-state index is -3.23. The summed E-state index contributed by atoms with van der Waals surface area (Å²) in [6.07, 6.45) is 2.40. The highest BCUT2D eigenvalue weighted by molar-refractivity contribution is 9.10. The van der Waals surface area contributed by atoms with Gasteiger partial charge in [-0.05, 0) is 22.0 Å². The van der Waals surface area contributed by atoms with Crippen LogP contribution >= 0.6 is 15.9 Å². The van der Waals surface area contributed by atoms with Crippen molar-refractivity contribution in [2.24, 2.45) is 0 Å². The van der Waals surface area contributed by atoms with Gasteiger partial charge in [0, 0.05) is 16.9 Å². The SMILES string of the molecule is CS(=O)(=O)Cc1ncc(Br)cc1F. The van der Waals surface area contributed by atoms with Gasteiger partial charge in [0.2, 0.25) is 0 Å². The predicted molar refractivity (Wildman–Crippen MR) is 50.4 cm³/mol. The average Bonchev–Trinajstić information content (AvgIpc) is 1.93. The molecule has 72 valence electrons. The largest absolute Gasteiger partial charge is 0.256 e. The van der Waals surface area contributed by atoms with E-state index in [-0.39, 0.29) is 11.4 Å². The molecule has 0 unspecified atom stereocenters. The molecule has 1 aromatic rings. The average molecular weight is 268 g/mol. The Kier molecular flexibility index (Phi) is 3.02. The molecular weight excluding hydrogens is 261 g/mol. The van der Waals surface area contributed by atoms with Gasteiger partial charge in [0.25, 0.3) is 0 Å². The molecule has 0 saturated carbocycles. The van der Waals surface area contributed by atoms with Crippen LogP contribution in [0.5, 0.6) is 0 Å². The van der Waals surface area contributed by atoms with Gasteiger partial charge in [0.15, 0.2) is 9.84 Å². The summed E-state index contributed by atoms with van der Waals surface area (Å²) >= 11 is 3.02. The van der Waals surface area contributed by atoms with Gasteiger partial charge >= 0.3 is 0 Å². The lowest BCUT2D eigenvalue weighted by Crippen LogP contribution is -2.05. The Balaban J connectivity index is 3.04. The molecule has 0 atom stereocenters. The smallest absolute Gasteiger partial charge is 0.153 e. The maximum atomic E-state index is 13.0. The van der Waals surface area contributed by atoms with Crippen molar-refractivity contribution in [1.29, 1.82) is 0 Å². The third-order valence-electron chi connectivity index (χ3n) is 1.28. The molecule has 3 nitrogen and oxygen atoms in total. The number of rotatable bonds is 2. The zero-order valence-corrected chi connectivity index (χ0v) is 9.19. The molecule has 0 aromatic carbocycles. The Morgan fingerprint density at radius 3 is 2.69 bits per heavy atom. The van der Waals surface area contributed by atoms with Crippen molar-refractivity contribution in [1.82, 2.24) is 4.98 Å². The zero-order chi connectivity index (χ0) is 10.1. The summed E-state index contributed by atoms with van der Waals surface area (Å²) in [7, 11) is -3.23. The Hall–Kier alpha value is -0.490. The highest BCUT2D eigenvalue weighted by atomic mass is 79.9. The lowest BCUT2D eigenvalue weighted by atomic mass is 10.4. The summed E-state index contributed by atoms with van der Waals surface area (Å²) in [5.74, 6) is -0.980. The van der Waals surface area contributed by atoms with E-state index in [1.165, 1.54) is 12.3 Å². The van der Waals surface area contributed by atoms with Gasteiger partial charge in [-0.2, -0.15) is 0 Å². The second-order valence-corrected chi connectivity index (χ2v) is 5.71. The number of sulfone groups is 1. The molecule has 1 heterocycles. The van der Waals surface area contributed by atoms with E-state index in [4.69, 9.17) is 0 Å². The van der Waals surface area contributed by atoms with E-state index in [1.807, 2.05) is 0 Å². The predicted octanol–water partition coefficient (Wildman–Crippen LogP) is 1.53. The van der Waals surface area contributed by atoms with Gasteiger partial charge < -0.3 is 0 Å². The molecule has 6 heteroatoms. The summed E-state index contributed by atoms with van der Waals surface area (Å²) < 4.78 is 35.2. The van der Waals surface area contributed by atoms with Crippen LogP contribution in [0.4, 0.5) is 4.39 Å². The quantitative estimate of drug-likeness (QED) is 0.817. The van der Waals surface area contributed by atoms with Gasteiger partial charge in [-0.1, -0.05) is 0 Å². The lowest BCUT2D eigenvalue weighted by Gasteiger charge is -2.00. The fourth-order valence-corrected chi connectivity index (χ4v) is 1.81. The van der Waals surface area contributed by atoms with Crippen LogP contribution < -0.4 is 0 Å². The van der Waals surface area contributed by atoms with Crippen molar-refractivity contribution in [3.8, 4) is 0 Å². The van der Waals surface area contributed by atoms with E-state index in [9.17, 15) is 12.8 Å². The Morgan fingerprint density at radius 1 is 1.62 bits per heavy atom. The van der Waals surface area contributed by atoms with Crippen LogP contribution in [0.2, 0.25) is 0 Å². The molecule has 13 heavy (non-hydrogen) atoms. The number of pyridine rings is 1. The molecule has 0 aliphatic carbocycles. The lowest BCUT2D eigenvalue weighted by molar-refractivity contribution is 0.586. The van der Waals surface area contributed by atoms with Crippen molar-refractivity contribution in [3.05, 3.63) is 28.2 Å². The molecule has 1 aromatic heterocycles. The van der Waals surface area contributed by atoms with Crippen molar-refractivity contribution in [2.45, 2.75) is 5.75 Å². The van der Waals surface area contributed by atoms with Gasteiger partial charge in [0.05, 0.1) is 11.4 Å². The summed E-state index contributed by atoms with van der Waals surface area (Å²) in [4.78, 5) is 3.66. The fraction of sp³-hybridized carbons (Fsp3) is 0.286. The molecule has 0 bridgehead atoms. The van der Waals surface area contributed by atoms with E-state index < -0.39 is 15.7 Å². The first-order chi connectivity index (χ1) is 5.88. The number of halogens is 2. The number of hydrogen-bond donors (Lipinski definition) is 0. The highest BCUT2D eigenvalue weighted by Crippen LogP contribution is 2.13. The molecule has 0 N–H and O–H groups in total. The van der Waals surface area contributed by atoms with Crippen LogP contribution in [0.15, 0.2) is 16.7 Å². The van der Waals surface area contributed by atoms with E-state index in [0.29, 0.717) is 4.47 Å². The fourth-order valence-electron chi connectivity index (χ4n) is 0.797. The van der Waals surface area contributed by atoms with Gasteiger partial charge in [-0.3, -0.25) is 4.98 Å². The van der Waals surface area contributed by atoms with Crippen LogP contribution in [0, 0.1) is 5.82 Å². The highest BCUT2D eigenvalue weighted by Gasteiger charge is 2.10. The van der Waals surface area contributed by atoms with Gasteiger partial charge in [0.1, 0.15) is 5.82 Å². The molecule has 0 fully saturated rings. The monoisotopic (exact) mass is 267 g/mol. The van der Waals surface area contributed by atoms with E-state index in [1.54, 1.807) is 0 Å². The standard InChI is InChI=1S/C7H7BrFNO2S/c1-13(11,12)4-7-6(9)2-5(8)3-10-7/h2-3H,4H2,1H3. The first kappa shape index (κ1) is 10.6. The molecule has 0 radical (unpaired) electrons. The van der Waals surface area contributed by atoms with E-state index in [2.05, 4.69) is 20.9 Å². The first-order valence-electron chi connectivity index (χ1n) is 3.36. The summed E-state index contributed by atoms with van der Waals surface area (Å²) in [6, 6.07) is 1.19.